The Hall–Kier alpha value is -0.740. The van der Waals surface area contributed by atoms with Crippen LogP contribution in [0.3, 0.4) is 0 Å². The lowest BCUT2D eigenvalue weighted by atomic mass is 10.0. The minimum Gasteiger partial charge on any atom is -0.207 e. The Morgan fingerprint density at radius 3 is 2.33 bits per heavy atom. The number of hydrogen-bond donors (Lipinski definition) is 0. The Morgan fingerprint density at radius 2 is 1.67 bits per heavy atom. The monoisotopic (exact) mass is 374 g/mol. The van der Waals surface area contributed by atoms with Crippen molar-refractivity contribution in [2.75, 3.05) is 0 Å². The Labute approximate surface area is 121 Å². The molecular weight excluding hydrogens is 366 g/mol. The third kappa shape index (κ3) is 3.18. The van der Waals surface area contributed by atoms with Gasteiger partial charge in [0, 0.05) is 10.4 Å². The maximum Gasteiger partial charge on any atom is 0.141 e. The second kappa shape index (κ2) is 5.93. The number of halogens is 4. The highest BCUT2D eigenvalue weighted by atomic mass is 79.9. The highest BCUT2D eigenvalue weighted by molar-refractivity contribution is 9.10. The molecule has 0 bridgehead atoms. The third-order valence-electron chi connectivity index (χ3n) is 2.65. The van der Waals surface area contributed by atoms with Crippen molar-refractivity contribution in [3.8, 4) is 0 Å². The topological polar surface area (TPSA) is 0 Å². The lowest BCUT2D eigenvalue weighted by Gasteiger charge is -2.12. The fourth-order valence-electron chi connectivity index (χ4n) is 1.70. The molecule has 0 amide bonds. The molecule has 0 spiro atoms. The molecule has 0 aliphatic carbocycles. The molecule has 2 aromatic rings. The predicted octanol–water partition coefficient (Wildman–Crippen LogP) is 5.41. The average Bonchev–Trinajstić information content (AvgIpc) is 2.35. The van der Waals surface area contributed by atoms with E-state index in [1.807, 2.05) is 0 Å². The molecule has 0 fully saturated rings. The Balaban J connectivity index is 2.19. The molecule has 2 rings (SSSR count). The van der Waals surface area contributed by atoms with Crippen molar-refractivity contribution in [1.82, 2.24) is 0 Å². The minimum atomic E-state index is -0.265. The first kappa shape index (κ1) is 13.7. The first-order valence-corrected chi connectivity index (χ1v) is 7.11. The van der Waals surface area contributed by atoms with Crippen LogP contribution >= 0.6 is 31.9 Å². The minimum absolute atomic E-state index is 0.138. The lowest BCUT2D eigenvalue weighted by molar-refractivity contribution is 0.601. The number of benzene rings is 2. The number of alkyl halides is 1. The molecule has 94 valence electrons. The maximum absolute atomic E-state index is 13.9. The Kier molecular flexibility index (Phi) is 4.51. The number of hydrogen-bond acceptors (Lipinski definition) is 0. The van der Waals surface area contributed by atoms with Crippen molar-refractivity contribution >= 4 is 31.9 Å². The van der Waals surface area contributed by atoms with Gasteiger partial charge in [0.2, 0.25) is 0 Å². The van der Waals surface area contributed by atoms with Crippen LogP contribution < -0.4 is 0 Å². The van der Waals surface area contributed by atoms with Crippen LogP contribution in [0, 0.1) is 11.6 Å². The second-order valence-corrected chi connectivity index (χ2v) is 5.90. The Bertz CT molecular complexity index is 538. The van der Waals surface area contributed by atoms with Gasteiger partial charge < -0.3 is 0 Å². The summed E-state index contributed by atoms with van der Waals surface area (Å²) in [5.41, 5.74) is 1.55. The second-order valence-electron chi connectivity index (χ2n) is 3.94. The van der Waals surface area contributed by atoms with Crippen molar-refractivity contribution in [3.05, 3.63) is 69.7 Å². The van der Waals surface area contributed by atoms with E-state index in [0.717, 1.165) is 5.56 Å². The SMILES string of the molecule is Fc1ccc(CC(Br)c2cccc(Br)c2F)cc1. The zero-order valence-corrected chi connectivity index (χ0v) is 12.5. The van der Waals surface area contributed by atoms with E-state index in [0.29, 0.717) is 16.5 Å². The van der Waals surface area contributed by atoms with Crippen LogP contribution in [0.2, 0.25) is 0 Å². The quantitative estimate of drug-likeness (QED) is 0.629. The van der Waals surface area contributed by atoms with Gasteiger partial charge in [-0.05, 0) is 46.1 Å². The van der Waals surface area contributed by atoms with Crippen LogP contribution in [0.1, 0.15) is 16.0 Å². The molecule has 0 N–H and O–H groups in total. The lowest BCUT2D eigenvalue weighted by Crippen LogP contribution is -1.99. The zero-order valence-electron chi connectivity index (χ0n) is 9.34. The van der Waals surface area contributed by atoms with Gasteiger partial charge in [-0.15, -0.1) is 0 Å². The summed E-state index contributed by atoms with van der Waals surface area (Å²) in [5.74, 6) is -0.528. The molecule has 1 atom stereocenters. The van der Waals surface area contributed by atoms with Crippen molar-refractivity contribution in [3.63, 3.8) is 0 Å². The molecule has 0 radical (unpaired) electrons. The first-order chi connectivity index (χ1) is 8.58. The number of rotatable bonds is 3. The van der Waals surface area contributed by atoms with Gasteiger partial charge in [-0.25, -0.2) is 8.78 Å². The summed E-state index contributed by atoms with van der Waals surface area (Å²) in [6, 6.07) is 11.4. The molecule has 0 saturated carbocycles. The summed E-state index contributed by atoms with van der Waals surface area (Å²) in [5, 5.41) is 0. The highest BCUT2D eigenvalue weighted by Gasteiger charge is 2.15. The predicted molar refractivity (Wildman–Crippen MR) is 75.9 cm³/mol. The zero-order chi connectivity index (χ0) is 13.1. The van der Waals surface area contributed by atoms with Gasteiger partial charge >= 0.3 is 0 Å². The van der Waals surface area contributed by atoms with Crippen LogP contribution in [-0.4, -0.2) is 0 Å². The summed E-state index contributed by atoms with van der Waals surface area (Å²) in [6.45, 7) is 0. The summed E-state index contributed by atoms with van der Waals surface area (Å²) >= 11 is 6.64. The third-order valence-corrected chi connectivity index (χ3v) is 4.08. The normalized spacial score (nSPS) is 12.4. The van der Waals surface area contributed by atoms with Gasteiger partial charge in [0.15, 0.2) is 0 Å². The molecule has 0 nitrogen and oxygen atoms in total. The first-order valence-electron chi connectivity index (χ1n) is 5.40. The fraction of sp³-hybridized carbons (Fsp3) is 0.143. The summed E-state index contributed by atoms with van der Waals surface area (Å²) in [7, 11) is 0. The van der Waals surface area contributed by atoms with Gasteiger partial charge in [-0.3, -0.25) is 0 Å². The smallest absolute Gasteiger partial charge is 0.141 e. The summed E-state index contributed by atoms with van der Waals surface area (Å²) < 4.78 is 27.1. The summed E-state index contributed by atoms with van der Waals surface area (Å²) in [6.07, 6.45) is 0.605. The largest absolute Gasteiger partial charge is 0.207 e. The van der Waals surface area contributed by atoms with E-state index in [1.54, 1.807) is 30.3 Å². The molecule has 0 aromatic heterocycles. The van der Waals surface area contributed by atoms with Gasteiger partial charge in [0.05, 0.1) is 4.47 Å². The van der Waals surface area contributed by atoms with Gasteiger partial charge in [-0.2, -0.15) is 0 Å². The van der Waals surface area contributed by atoms with Crippen LogP contribution in [-0.2, 0) is 6.42 Å². The van der Waals surface area contributed by atoms with Crippen LogP contribution in [0.15, 0.2) is 46.9 Å². The molecule has 0 heterocycles. The van der Waals surface area contributed by atoms with E-state index in [2.05, 4.69) is 31.9 Å². The van der Waals surface area contributed by atoms with Crippen molar-refractivity contribution in [2.24, 2.45) is 0 Å². The molecule has 0 aliphatic rings. The van der Waals surface area contributed by atoms with E-state index < -0.39 is 0 Å². The summed E-state index contributed by atoms with van der Waals surface area (Å²) in [4.78, 5) is -0.138. The van der Waals surface area contributed by atoms with E-state index >= 15 is 0 Å². The van der Waals surface area contributed by atoms with Gasteiger partial charge in [0.25, 0.3) is 0 Å². The van der Waals surface area contributed by atoms with E-state index in [9.17, 15) is 8.78 Å². The van der Waals surface area contributed by atoms with Crippen LogP contribution in [0.25, 0.3) is 0 Å². The van der Waals surface area contributed by atoms with Crippen molar-refractivity contribution in [2.45, 2.75) is 11.2 Å². The molecule has 2 aromatic carbocycles. The van der Waals surface area contributed by atoms with E-state index in [4.69, 9.17) is 0 Å². The van der Waals surface area contributed by atoms with Gasteiger partial charge in [0.1, 0.15) is 11.6 Å². The van der Waals surface area contributed by atoms with Crippen LogP contribution in [0.4, 0.5) is 8.78 Å². The maximum atomic E-state index is 13.9. The van der Waals surface area contributed by atoms with Crippen molar-refractivity contribution in [1.29, 1.82) is 0 Å². The van der Waals surface area contributed by atoms with Crippen LogP contribution in [0.5, 0.6) is 0 Å². The molecular formula is C14H10Br2F2. The molecule has 1 unspecified atom stereocenters. The molecule has 4 heteroatoms. The highest BCUT2D eigenvalue weighted by Crippen LogP contribution is 2.31. The fourth-order valence-corrected chi connectivity index (χ4v) is 2.81. The average molecular weight is 376 g/mol. The molecule has 18 heavy (non-hydrogen) atoms. The molecule has 0 saturated heterocycles. The van der Waals surface area contributed by atoms with E-state index in [1.165, 1.54) is 12.1 Å². The van der Waals surface area contributed by atoms with E-state index in [-0.39, 0.29) is 16.5 Å². The van der Waals surface area contributed by atoms with Crippen molar-refractivity contribution < 1.29 is 8.78 Å². The standard InChI is InChI=1S/C14H10Br2F2/c15-12-3-1-2-11(14(12)18)13(16)8-9-4-6-10(17)7-5-9/h1-7,13H,8H2. The Morgan fingerprint density at radius 1 is 1.00 bits per heavy atom. The van der Waals surface area contributed by atoms with Gasteiger partial charge in [-0.1, -0.05) is 40.2 Å². The molecule has 0 aliphatic heterocycles.